The number of nitrogens with one attached hydrogen (secondary N) is 1. The van der Waals surface area contributed by atoms with E-state index in [1.807, 2.05) is 12.1 Å². The van der Waals surface area contributed by atoms with Crippen molar-refractivity contribution >= 4 is 0 Å². The smallest absolute Gasteiger partial charge is 0.169 e. The molecule has 1 aromatic carbocycles. The zero-order valence-corrected chi connectivity index (χ0v) is 10.7. The summed E-state index contributed by atoms with van der Waals surface area (Å²) in [5.41, 5.74) is 1.12. The van der Waals surface area contributed by atoms with Crippen LogP contribution < -0.4 is 19.5 Å². The molecule has 2 aliphatic heterocycles. The number of fused-ring (bicyclic) bond motifs is 1. The van der Waals surface area contributed by atoms with E-state index in [1.54, 1.807) is 7.11 Å². The molecule has 1 fully saturated rings. The number of rotatable bonds is 2. The Kier molecular flexibility index (Phi) is 3.28. The topological polar surface area (TPSA) is 39.7 Å². The van der Waals surface area contributed by atoms with E-state index in [0.29, 0.717) is 12.6 Å². The molecule has 1 N–H and O–H groups in total. The van der Waals surface area contributed by atoms with Crippen molar-refractivity contribution in [2.24, 2.45) is 0 Å². The summed E-state index contributed by atoms with van der Waals surface area (Å²) in [6, 6.07) is 4.23. The highest BCUT2D eigenvalue weighted by atomic mass is 16.5. The molecule has 1 saturated heterocycles. The van der Waals surface area contributed by atoms with E-state index in [2.05, 4.69) is 5.32 Å². The number of benzene rings is 1. The Balaban J connectivity index is 2.06. The third kappa shape index (κ3) is 2.01. The summed E-state index contributed by atoms with van der Waals surface area (Å²) in [4.78, 5) is 0. The molecular formula is C14H19NO3. The molecule has 0 aliphatic carbocycles. The summed E-state index contributed by atoms with van der Waals surface area (Å²) in [5.74, 6) is 2.60. The minimum absolute atomic E-state index is 0.316. The maximum Gasteiger partial charge on any atom is 0.169 e. The number of ether oxygens (including phenoxy) is 3. The van der Waals surface area contributed by atoms with Crippen LogP contribution in [0.1, 0.15) is 30.9 Å². The molecule has 0 saturated carbocycles. The van der Waals surface area contributed by atoms with Gasteiger partial charge in [-0.1, -0.05) is 0 Å². The molecule has 0 spiro atoms. The first kappa shape index (κ1) is 11.7. The SMILES string of the molecule is COc1ccc2c(c1C1CCCN1)OCCCO2. The summed E-state index contributed by atoms with van der Waals surface area (Å²) < 4.78 is 17.1. The third-order valence-electron chi connectivity index (χ3n) is 3.54. The van der Waals surface area contributed by atoms with Gasteiger partial charge in [0.15, 0.2) is 11.5 Å². The fraction of sp³-hybridized carbons (Fsp3) is 0.571. The van der Waals surface area contributed by atoms with E-state index in [-0.39, 0.29) is 0 Å². The van der Waals surface area contributed by atoms with Crippen molar-refractivity contribution in [1.29, 1.82) is 0 Å². The Bertz CT molecular complexity index is 427. The summed E-state index contributed by atoms with van der Waals surface area (Å²) in [6.07, 6.45) is 3.24. The van der Waals surface area contributed by atoms with Gasteiger partial charge in [0.2, 0.25) is 0 Å². The Labute approximate surface area is 107 Å². The Morgan fingerprint density at radius 1 is 1.22 bits per heavy atom. The quantitative estimate of drug-likeness (QED) is 0.873. The van der Waals surface area contributed by atoms with E-state index in [1.165, 1.54) is 6.42 Å². The molecule has 0 bridgehead atoms. The molecule has 1 atom stereocenters. The molecule has 2 heterocycles. The first-order chi connectivity index (χ1) is 8.90. The van der Waals surface area contributed by atoms with Crippen molar-refractivity contribution in [3.8, 4) is 17.2 Å². The van der Waals surface area contributed by atoms with Gasteiger partial charge < -0.3 is 19.5 Å². The van der Waals surface area contributed by atoms with Crippen molar-refractivity contribution in [3.63, 3.8) is 0 Å². The number of hydrogen-bond acceptors (Lipinski definition) is 4. The van der Waals surface area contributed by atoms with Crippen LogP contribution in [-0.4, -0.2) is 26.9 Å². The molecule has 2 aliphatic rings. The fourth-order valence-electron chi connectivity index (χ4n) is 2.68. The van der Waals surface area contributed by atoms with Gasteiger partial charge in [0.25, 0.3) is 0 Å². The van der Waals surface area contributed by atoms with Crippen LogP contribution >= 0.6 is 0 Å². The van der Waals surface area contributed by atoms with E-state index in [9.17, 15) is 0 Å². The average molecular weight is 249 g/mol. The summed E-state index contributed by atoms with van der Waals surface area (Å²) >= 11 is 0. The molecule has 0 amide bonds. The van der Waals surface area contributed by atoms with Crippen LogP contribution in [0.5, 0.6) is 17.2 Å². The van der Waals surface area contributed by atoms with Gasteiger partial charge in [-0.15, -0.1) is 0 Å². The summed E-state index contributed by atoms with van der Waals surface area (Å²) in [7, 11) is 1.71. The highest BCUT2D eigenvalue weighted by molar-refractivity contribution is 5.56. The molecule has 1 unspecified atom stereocenters. The summed E-state index contributed by atoms with van der Waals surface area (Å²) in [5, 5.41) is 3.50. The number of hydrogen-bond donors (Lipinski definition) is 1. The van der Waals surface area contributed by atoms with Crippen LogP contribution in [0.15, 0.2) is 12.1 Å². The highest BCUT2D eigenvalue weighted by Gasteiger charge is 2.27. The second-order valence-corrected chi connectivity index (χ2v) is 4.71. The van der Waals surface area contributed by atoms with Crippen molar-refractivity contribution in [2.45, 2.75) is 25.3 Å². The molecule has 0 aromatic heterocycles. The van der Waals surface area contributed by atoms with Crippen LogP contribution in [0.25, 0.3) is 0 Å². The van der Waals surface area contributed by atoms with Gasteiger partial charge in [0.05, 0.1) is 25.9 Å². The van der Waals surface area contributed by atoms with Crippen molar-refractivity contribution < 1.29 is 14.2 Å². The van der Waals surface area contributed by atoms with Gasteiger partial charge in [0, 0.05) is 12.5 Å². The van der Waals surface area contributed by atoms with Gasteiger partial charge in [-0.05, 0) is 31.5 Å². The van der Waals surface area contributed by atoms with Gasteiger partial charge in [-0.3, -0.25) is 0 Å². The monoisotopic (exact) mass is 249 g/mol. The predicted octanol–water partition coefficient (Wildman–Crippen LogP) is 2.28. The highest BCUT2D eigenvalue weighted by Crippen LogP contribution is 2.44. The Morgan fingerprint density at radius 2 is 2.11 bits per heavy atom. The van der Waals surface area contributed by atoms with Crippen molar-refractivity contribution in [1.82, 2.24) is 5.32 Å². The molecule has 3 rings (SSSR count). The van der Waals surface area contributed by atoms with Crippen LogP contribution in [0.4, 0.5) is 0 Å². The van der Waals surface area contributed by atoms with E-state index in [0.717, 1.165) is 48.8 Å². The van der Waals surface area contributed by atoms with Gasteiger partial charge in [-0.25, -0.2) is 0 Å². The van der Waals surface area contributed by atoms with Crippen molar-refractivity contribution in [3.05, 3.63) is 17.7 Å². The third-order valence-corrected chi connectivity index (χ3v) is 3.54. The maximum atomic E-state index is 5.89. The lowest BCUT2D eigenvalue weighted by Crippen LogP contribution is -2.15. The fourth-order valence-corrected chi connectivity index (χ4v) is 2.68. The maximum absolute atomic E-state index is 5.89. The van der Waals surface area contributed by atoms with E-state index >= 15 is 0 Å². The first-order valence-corrected chi connectivity index (χ1v) is 6.60. The van der Waals surface area contributed by atoms with E-state index in [4.69, 9.17) is 14.2 Å². The lowest BCUT2D eigenvalue weighted by molar-refractivity contribution is 0.294. The lowest BCUT2D eigenvalue weighted by atomic mass is 10.0. The molecule has 18 heavy (non-hydrogen) atoms. The molecule has 4 heteroatoms. The van der Waals surface area contributed by atoms with Crippen LogP contribution in [0.2, 0.25) is 0 Å². The molecule has 1 aromatic rings. The van der Waals surface area contributed by atoms with Gasteiger partial charge in [0.1, 0.15) is 5.75 Å². The van der Waals surface area contributed by atoms with Crippen LogP contribution in [-0.2, 0) is 0 Å². The lowest BCUT2D eigenvalue weighted by Gasteiger charge is -2.20. The Hall–Kier alpha value is -1.42. The molecule has 4 nitrogen and oxygen atoms in total. The standard InChI is InChI=1S/C14H19NO3/c1-16-11-5-6-12-14(18-9-3-8-17-12)13(11)10-4-2-7-15-10/h5-6,10,15H,2-4,7-9H2,1H3. The number of methoxy groups -OCH3 is 1. The molecule has 0 radical (unpaired) electrons. The normalized spacial score (nSPS) is 22.6. The first-order valence-electron chi connectivity index (χ1n) is 6.60. The van der Waals surface area contributed by atoms with Crippen LogP contribution in [0, 0.1) is 0 Å². The van der Waals surface area contributed by atoms with Gasteiger partial charge >= 0.3 is 0 Å². The predicted molar refractivity (Wildman–Crippen MR) is 68.6 cm³/mol. The minimum Gasteiger partial charge on any atom is -0.496 e. The zero-order valence-electron chi connectivity index (χ0n) is 10.7. The molecular weight excluding hydrogens is 230 g/mol. The minimum atomic E-state index is 0.316. The van der Waals surface area contributed by atoms with Crippen LogP contribution in [0.3, 0.4) is 0 Å². The van der Waals surface area contributed by atoms with Gasteiger partial charge in [-0.2, -0.15) is 0 Å². The second-order valence-electron chi connectivity index (χ2n) is 4.71. The second kappa shape index (κ2) is 5.06. The van der Waals surface area contributed by atoms with Crippen molar-refractivity contribution in [2.75, 3.05) is 26.9 Å². The van der Waals surface area contributed by atoms with E-state index < -0.39 is 0 Å². The summed E-state index contributed by atoms with van der Waals surface area (Å²) in [6.45, 7) is 2.48. The Morgan fingerprint density at radius 3 is 2.89 bits per heavy atom. The molecule has 98 valence electrons. The average Bonchev–Trinajstić information content (AvgIpc) is 2.82. The zero-order chi connectivity index (χ0) is 12.4. The largest absolute Gasteiger partial charge is 0.496 e.